The first kappa shape index (κ1) is 19.0. The predicted octanol–water partition coefficient (Wildman–Crippen LogP) is 3.17. The molecular weight excluding hydrogens is 316 g/mol. The smallest absolute Gasteiger partial charge is 0.252 e. The largest absolute Gasteiger partial charge is 0.399 e. The first-order valence-electron chi connectivity index (χ1n) is 7.19. The van der Waals surface area contributed by atoms with Crippen LogP contribution >= 0.6 is 12.4 Å². The Morgan fingerprint density at radius 2 is 2.00 bits per heavy atom. The highest BCUT2D eigenvalue weighted by atomic mass is 35.5. The number of hydrogen-bond acceptors (Lipinski definition) is 5. The molecule has 0 radical (unpaired) electrons. The Hall–Kier alpha value is -2.08. The Balaban J connectivity index is 0.00000264. The molecule has 0 fully saturated rings. The number of anilines is 1. The van der Waals surface area contributed by atoms with Crippen molar-refractivity contribution in [2.45, 2.75) is 46.1 Å². The molecule has 1 aromatic carbocycles. The van der Waals surface area contributed by atoms with Crippen molar-refractivity contribution in [2.24, 2.45) is 0 Å². The third kappa shape index (κ3) is 4.45. The molecule has 6 nitrogen and oxygen atoms in total. The zero-order chi connectivity index (χ0) is 16.5. The summed E-state index contributed by atoms with van der Waals surface area (Å²) in [6, 6.07) is 4.87. The molecule has 126 valence electrons. The molecular formula is C16H23ClN4O2. The number of nitrogen functional groups attached to an aromatic ring is 1. The Labute approximate surface area is 142 Å². The Morgan fingerprint density at radius 1 is 1.35 bits per heavy atom. The zero-order valence-corrected chi connectivity index (χ0v) is 14.8. The number of aromatic nitrogens is 2. The zero-order valence-electron chi connectivity index (χ0n) is 14.0. The van der Waals surface area contributed by atoms with Crippen molar-refractivity contribution >= 4 is 24.0 Å². The number of halogens is 1. The van der Waals surface area contributed by atoms with Crippen LogP contribution in [0, 0.1) is 6.92 Å². The van der Waals surface area contributed by atoms with E-state index >= 15 is 0 Å². The Bertz CT molecular complexity index is 692. The summed E-state index contributed by atoms with van der Waals surface area (Å²) in [5.41, 5.74) is 7.50. The molecule has 0 aliphatic carbocycles. The third-order valence-electron chi connectivity index (χ3n) is 3.34. The lowest BCUT2D eigenvalue weighted by Gasteiger charge is -2.13. The number of hydrogen-bond donors (Lipinski definition) is 2. The van der Waals surface area contributed by atoms with Crippen LogP contribution < -0.4 is 11.1 Å². The molecule has 0 aliphatic rings. The van der Waals surface area contributed by atoms with Gasteiger partial charge in [0.15, 0.2) is 5.82 Å². The summed E-state index contributed by atoms with van der Waals surface area (Å²) in [6.07, 6.45) is 0. The molecule has 0 spiro atoms. The van der Waals surface area contributed by atoms with Crippen molar-refractivity contribution in [1.82, 2.24) is 15.5 Å². The highest BCUT2D eigenvalue weighted by molar-refractivity contribution is 5.96. The summed E-state index contributed by atoms with van der Waals surface area (Å²) >= 11 is 0. The first-order valence-corrected chi connectivity index (χ1v) is 7.19. The molecule has 1 heterocycles. The number of nitrogens with one attached hydrogen (secondary N) is 1. The van der Waals surface area contributed by atoms with Gasteiger partial charge in [0.25, 0.3) is 5.91 Å². The summed E-state index contributed by atoms with van der Waals surface area (Å²) in [6.45, 7) is 9.67. The van der Waals surface area contributed by atoms with Gasteiger partial charge in [-0.3, -0.25) is 4.79 Å². The quantitative estimate of drug-likeness (QED) is 0.838. The van der Waals surface area contributed by atoms with Crippen LogP contribution in [0.4, 0.5) is 5.69 Å². The van der Waals surface area contributed by atoms with Gasteiger partial charge in [-0.2, -0.15) is 4.98 Å². The molecule has 7 heteroatoms. The van der Waals surface area contributed by atoms with Gasteiger partial charge in [-0.05, 0) is 31.5 Å². The number of carbonyl (C=O) groups is 1. The second-order valence-electron chi connectivity index (χ2n) is 6.48. The molecule has 2 rings (SSSR count). The molecule has 1 aromatic heterocycles. The average Bonchev–Trinajstić information content (AvgIpc) is 2.91. The van der Waals surface area contributed by atoms with Gasteiger partial charge in [-0.1, -0.05) is 32.0 Å². The van der Waals surface area contributed by atoms with Crippen LogP contribution in [-0.2, 0) is 5.41 Å². The molecule has 0 bridgehead atoms. The SMILES string of the molecule is Cc1ccc(N)cc1C(=O)NC(C)c1nc(C(C)(C)C)no1.Cl. The van der Waals surface area contributed by atoms with E-state index in [-0.39, 0.29) is 29.8 Å². The van der Waals surface area contributed by atoms with Gasteiger partial charge < -0.3 is 15.6 Å². The molecule has 2 aromatic rings. The topological polar surface area (TPSA) is 94.0 Å². The van der Waals surface area contributed by atoms with E-state index in [2.05, 4.69) is 15.5 Å². The average molecular weight is 339 g/mol. The number of benzene rings is 1. The number of rotatable bonds is 3. The van der Waals surface area contributed by atoms with Crippen LogP contribution in [0.5, 0.6) is 0 Å². The van der Waals surface area contributed by atoms with Gasteiger partial charge in [-0.15, -0.1) is 12.4 Å². The van der Waals surface area contributed by atoms with E-state index in [1.807, 2.05) is 33.8 Å². The van der Waals surface area contributed by atoms with E-state index in [9.17, 15) is 4.79 Å². The van der Waals surface area contributed by atoms with Crippen molar-refractivity contribution in [2.75, 3.05) is 5.73 Å². The van der Waals surface area contributed by atoms with E-state index in [0.29, 0.717) is 23.0 Å². The summed E-state index contributed by atoms with van der Waals surface area (Å²) in [7, 11) is 0. The highest BCUT2D eigenvalue weighted by Gasteiger charge is 2.24. The lowest BCUT2D eigenvalue weighted by molar-refractivity contribution is 0.0932. The second kappa shape index (κ2) is 7.00. The molecule has 3 N–H and O–H groups in total. The maximum Gasteiger partial charge on any atom is 0.252 e. The van der Waals surface area contributed by atoms with E-state index < -0.39 is 0 Å². The van der Waals surface area contributed by atoms with Crippen LogP contribution in [0.25, 0.3) is 0 Å². The fourth-order valence-corrected chi connectivity index (χ4v) is 1.94. The van der Waals surface area contributed by atoms with E-state index in [1.54, 1.807) is 19.1 Å². The molecule has 0 saturated heterocycles. The van der Waals surface area contributed by atoms with Crippen molar-refractivity contribution in [3.05, 3.63) is 41.0 Å². The Morgan fingerprint density at radius 3 is 2.57 bits per heavy atom. The summed E-state index contributed by atoms with van der Waals surface area (Å²) < 4.78 is 5.24. The molecule has 23 heavy (non-hydrogen) atoms. The second-order valence-corrected chi connectivity index (χ2v) is 6.48. The summed E-state index contributed by atoms with van der Waals surface area (Å²) in [5, 5.41) is 6.82. The Kier molecular flexibility index (Phi) is 5.77. The van der Waals surface area contributed by atoms with Crippen LogP contribution in [0.1, 0.15) is 61.4 Å². The maximum absolute atomic E-state index is 12.3. The normalized spacial score (nSPS) is 12.4. The van der Waals surface area contributed by atoms with Crippen LogP contribution in [0.3, 0.4) is 0 Å². The van der Waals surface area contributed by atoms with E-state index in [0.717, 1.165) is 5.56 Å². The molecule has 0 saturated carbocycles. The minimum Gasteiger partial charge on any atom is -0.399 e. The van der Waals surface area contributed by atoms with Gasteiger partial charge in [0.1, 0.15) is 6.04 Å². The lowest BCUT2D eigenvalue weighted by atomic mass is 9.96. The fraction of sp³-hybridized carbons (Fsp3) is 0.438. The van der Waals surface area contributed by atoms with Crippen LogP contribution in [0.2, 0.25) is 0 Å². The first-order chi connectivity index (χ1) is 10.2. The molecule has 1 unspecified atom stereocenters. The van der Waals surface area contributed by atoms with Crippen molar-refractivity contribution in [1.29, 1.82) is 0 Å². The monoisotopic (exact) mass is 338 g/mol. The molecule has 0 aliphatic heterocycles. The van der Waals surface area contributed by atoms with Gasteiger partial charge >= 0.3 is 0 Å². The van der Waals surface area contributed by atoms with Crippen molar-refractivity contribution in [3.63, 3.8) is 0 Å². The van der Waals surface area contributed by atoms with Crippen molar-refractivity contribution < 1.29 is 9.32 Å². The van der Waals surface area contributed by atoms with E-state index in [4.69, 9.17) is 10.3 Å². The molecule has 1 atom stereocenters. The van der Waals surface area contributed by atoms with Gasteiger partial charge in [0.2, 0.25) is 5.89 Å². The number of nitrogens with two attached hydrogens (primary N) is 1. The molecule has 1 amide bonds. The number of nitrogens with zero attached hydrogens (tertiary/aromatic N) is 2. The lowest BCUT2D eigenvalue weighted by Crippen LogP contribution is -2.27. The van der Waals surface area contributed by atoms with Crippen LogP contribution in [0.15, 0.2) is 22.7 Å². The van der Waals surface area contributed by atoms with Gasteiger partial charge in [0.05, 0.1) is 0 Å². The minimum absolute atomic E-state index is 0. The number of aryl methyl sites for hydroxylation is 1. The maximum atomic E-state index is 12.3. The van der Waals surface area contributed by atoms with Crippen LogP contribution in [-0.4, -0.2) is 16.0 Å². The standard InChI is InChI=1S/C16H22N4O2.ClH/c1-9-6-7-11(17)8-12(9)13(21)18-10(2)14-19-15(20-22-14)16(3,4)5;/h6-8,10H,17H2,1-5H3,(H,18,21);1H. The summed E-state index contributed by atoms with van der Waals surface area (Å²) in [4.78, 5) is 16.7. The number of amides is 1. The van der Waals surface area contributed by atoms with Gasteiger partial charge in [-0.25, -0.2) is 0 Å². The summed E-state index contributed by atoms with van der Waals surface area (Å²) in [5.74, 6) is 0.788. The van der Waals surface area contributed by atoms with Crippen molar-refractivity contribution in [3.8, 4) is 0 Å². The minimum atomic E-state index is -0.378. The fourth-order valence-electron chi connectivity index (χ4n) is 1.94. The third-order valence-corrected chi connectivity index (χ3v) is 3.34. The van der Waals surface area contributed by atoms with E-state index in [1.165, 1.54) is 0 Å². The highest BCUT2D eigenvalue weighted by Crippen LogP contribution is 2.21. The van der Waals surface area contributed by atoms with Gasteiger partial charge in [0, 0.05) is 16.7 Å². The predicted molar refractivity (Wildman–Crippen MR) is 91.7 cm³/mol. The number of carbonyl (C=O) groups excluding carboxylic acids is 1.